The average molecular weight is 386 g/mol. The van der Waals surface area contributed by atoms with Gasteiger partial charge in [0.25, 0.3) is 0 Å². The van der Waals surface area contributed by atoms with Crippen LogP contribution in [0.2, 0.25) is 0 Å². The summed E-state index contributed by atoms with van der Waals surface area (Å²) < 4.78 is 18.8. The third kappa shape index (κ3) is 5.00. The van der Waals surface area contributed by atoms with Gasteiger partial charge < -0.3 is 15.1 Å². The van der Waals surface area contributed by atoms with Gasteiger partial charge in [0.1, 0.15) is 17.3 Å². The molecule has 1 aliphatic rings. The monoisotopic (exact) mass is 386 g/mol. The first-order valence-corrected chi connectivity index (χ1v) is 9.98. The zero-order valence-corrected chi connectivity index (χ0v) is 16.2. The maximum atomic E-state index is 13.0. The molecule has 1 aromatic heterocycles. The lowest BCUT2D eigenvalue weighted by atomic mass is 9.78. The van der Waals surface area contributed by atoms with Crippen LogP contribution in [0.5, 0.6) is 0 Å². The van der Waals surface area contributed by atoms with E-state index >= 15 is 0 Å². The molecule has 1 aromatic carbocycles. The molecule has 150 valence electrons. The van der Waals surface area contributed by atoms with E-state index in [-0.39, 0.29) is 36.0 Å². The first-order valence-electron chi connectivity index (χ1n) is 9.98. The molecule has 0 bridgehead atoms. The van der Waals surface area contributed by atoms with E-state index in [4.69, 9.17) is 4.42 Å². The lowest BCUT2D eigenvalue weighted by Crippen LogP contribution is -2.43. The number of hydrogen-bond acceptors (Lipinski definition) is 3. The van der Waals surface area contributed by atoms with Crippen molar-refractivity contribution in [3.05, 3.63) is 48.0 Å². The molecule has 6 heteroatoms. The van der Waals surface area contributed by atoms with Crippen molar-refractivity contribution in [1.29, 1.82) is 0 Å². The van der Waals surface area contributed by atoms with Gasteiger partial charge in [0.2, 0.25) is 11.8 Å². The van der Waals surface area contributed by atoms with E-state index < -0.39 is 0 Å². The molecule has 2 aromatic rings. The molecule has 1 saturated carbocycles. The van der Waals surface area contributed by atoms with Gasteiger partial charge in [0.15, 0.2) is 0 Å². The number of benzene rings is 1. The van der Waals surface area contributed by atoms with Gasteiger partial charge in [-0.05, 0) is 55.7 Å². The normalized spacial score (nSPS) is 19.2. The first-order chi connectivity index (χ1) is 13.6. The molecular weight excluding hydrogens is 359 g/mol. The van der Waals surface area contributed by atoms with E-state index in [9.17, 15) is 14.0 Å². The fourth-order valence-electron chi connectivity index (χ4n) is 3.69. The molecule has 0 unspecified atom stereocenters. The third-order valence-electron chi connectivity index (χ3n) is 5.22. The van der Waals surface area contributed by atoms with Crippen molar-refractivity contribution in [3.63, 3.8) is 0 Å². The van der Waals surface area contributed by atoms with E-state index in [1.54, 1.807) is 24.3 Å². The quantitative estimate of drug-likeness (QED) is 0.755. The summed E-state index contributed by atoms with van der Waals surface area (Å²) in [5.74, 6) is 0.278. The maximum Gasteiger partial charge on any atom is 0.224 e. The Bertz CT molecular complexity index is 800. The fourth-order valence-corrected chi connectivity index (χ4v) is 3.69. The molecule has 2 amide bonds. The van der Waals surface area contributed by atoms with Crippen molar-refractivity contribution < 1.29 is 18.4 Å². The summed E-state index contributed by atoms with van der Waals surface area (Å²) in [6.45, 7) is 2.91. The van der Waals surface area contributed by atoms with Gasteiger partial charge in [-0.25, -0.2) is 4.39 Å². The molecule has 2 N–H and O–H groups in total. The van der Waals surface area contributed by atoms with Crippen LogP contribution in [-0.2, 0) is 16.1 Å². The standard InChI is InChI=1S/C22H27FN2O3/c1-2-13-24-21(26)18-5-3-4-6-19(18)22(27)25-14-17-11-12-20(28-17)15-7-9-16(23)10-8-15/h7-12,18-19H,2-6,13-14H2,1H3,(H,24,26)(H,25,27)/t18-,19+/m1/s1. The number of amides is 2. The van der Waals surface area contributed by atoms with E-state index in [2.05, 4.69) is 10.6 Å². The lowest BCUT2D eigenvalue weighted by molar-refractivity contribution is -0.136. The van der Waals surface area contributed by atoms with Crippen molar-refractivity contribution >= 4 is 11.8 Å². The van der Waals surface area contributed by atoms with Gasteiger partial charge in [-0.2, -0.15) is 0 Å². The van der Waals surface area contributed by atoms with Crippen molar-refractivity contribution in [3.8, 4) is 11.3 Å². The minimum Gasteiger partial charge on any atom is -0.459 e. The highest BCUT2D eigenvalue weighted by Crippen LogP contribution is 2.30. The number of rotatable bonds is 7. The van der Waals surface area contributed by atoms with Crippen molar-refractivity contribution in [1.82, 2.24) is 10.6 Å². The van der Waals surface area contributed by atoms with Gasteiger partial charge in [0.05, 0.1) is 6.54 Å². The molecule has 0 radical (unpaired) electrons. The van der Waals surface area contributed by atoms with Crippen LogP contribution in [0.3, 0.4) is 0 Å². The Kier molecular flexibility index (Phi) is 6.85. The average Bonchev–Trinajstić information content (AvgIpc) is 3.19. The molecule has 2 atom stereocenters. The molecule has 28 heavy (non-hydrogen) atoms. The second-order valence-corrected chi connectivity index (χ2v) is 7.28. The van der Waals surface area contributed by atoms with Crippen molar-refractivity contribution in [2.45, 2.75) is 45.6 Å². The molecule has 1 fully saturated rings. The van der Waals surface area contributed by atoms with Crippen LogP contribution >= 0.6 is 0 Å². The SMILES string of the molecule is CCCNC(=O)[C@@H]1CCCC[C@@H]1C(=O)NCc1ccc(-c2ccc(F)cc2)o1. The maximum absolute atomic E-state index is 13.0. The summed E-state index contributed by atoms with van der Waals surface area (Å²) in [5.41, 5.74) is 0.777. The molecule has 0 aliphatic heterocycles. The van der Waals surface area contributed by atoms with Gasteiger partial charge >= 0.3 is 0 Å². The van der Waals surface area contributed by atoms with Gasteiger partial charge in [-0.15, -0.1) is 0 Å². The van der Waals surface area contributed by atoms with Gasteiger partial charge in [-0.3, -0.25) is 9.59 Å². The zero-order valence-electron chi connectivity index (χ0n) is 16.2. The number of carbonyl (C=O) groups is 2. The number of carbonyl (C=O) groups excluding carboxylic acids is 2. The Balaban J connectivity index is 1.58. The molecule has 3 rings (SSSR count). The van der Waals surface area contributed by atoms with E-state index in [1.165, 1.54) is 12.1 Å². The Labute approximate surface area is 164 Å². The second kappa shape index (κ2) is 9.53. The minimum atomic E-state index is -0.298. The van der Waals surface area contributed by atoms with Crippen LogP contribution in [0, 0.1) is 17.7 Å². The van der Waals surface area contributed by atoms with Crippen molar-refractivity contribution in [2.75, 3.05) is 6.54 Å². The van der Waals surface area contributed by atoms with E-state index in [1.807, 2.05) is 6.92 Å². The van der Waals surface area contributed by atoms with E-state index in [0.717, 1.165) is 37.7 Å². The molecule has 5 nitrogen and oxygen atoms in total. The second-order valence-electron chi connectivity index (χ2n) is 7.28. The van der Waals surface area contributed by atoms with E-state index in [0.29, 0.717) is 18.1 Å². The van der Waals surface area contributed by atoms with Crippen LogP contribution in [0.15, 0.2) is 40.8 Å². The Morgan fingerprint density at radius 3 is 2.29 bits per heavy atom. The molecular formula is C22H27FN2O3. The van der Waals surface area contributed by atoms with Crippen LogP contribution < -0.4 is 10.6 Å². The Morgan fingerprint density at radius 1 is 1.00 bits per heavy atom. The molecule has 1 aliphatic carbocycles. The summed E-state index contributed by atoms with van der Waals surface area (Å²) in [5, 5.41) is 5.83. The van der Waals surface area contributed by atoms with Gasteiger partial charge in [0, 0.05) is 23.9 Å². The summed E-state index contributed by atoms with van der Waals surface area (Å²) in [6.07, 6.45) is 4.31. The number of furan rings is 1. The number of halogens is 1. The summed E-state index contributed by atoms with van der Waals surface area (Å²) in [6, 6.07) is 9.66. The van der Waals surface area contributed by atoms with Crippen LogP contribution in [0.1, 0.15) is 44.8 Å². The summed E-state index contributed by atoms with van der Waals surface area (Å²) >= 11 is 0. The predicted octanol–water partition coefficient (Wildman–Crippen LogP) is 4.03. The highest BCUT2D eigenvalue weighted by Gasteiger charge is 2.35. The van der Waals surface area contributed by atoms with Crippen LogP contribution in [0.25, 0.3) is 11.3 Å². The summed E-state index contributed by atoms with van der Waals surface area (Å²) in [4.78, 5) is 25.1. The van der Waals surface area contributed by atoms with Crippen LogP contribution in [-0.4, -0.2) is 18.4 Å². The first kappa shape index (κ1) is 20.1. The predicted molar refractivity (Wildman–Crippen MR) is 105 cm³/mol. The largest absolute Gasteiger partial charge is 0.459 e. The Morgan fingerprint density at radius 2 is 1.64 bits per heavy atom. The van der Waals surface area contributed by atoms with Gasteiger partial charge in [-0.1, -0.05) is 19.8 Å². The topological polar surface area (TPSA) is 71.3 Å². The highest BCUT2D eigenvalue weighted by molar-refractivity contribution is 5.87. The number of nitrogens with one attached hydrogen (secondary N) is 2. The zero-order chi connectivity index (χ0) is 19.9. The third-order valence-corrected chi connectivity index (χ3v) is 5.22. The molecule has 0 saturated heterocycles. The smallest absolute Gasteiger partial charge is 0.224 e. The fraction of sp³-hybridized carbons (Fsp3) is 0.455. The minimum absolute atomic E-state index is 0.0155. The van der Waals surface area contributed by atoms with Crippen LogP contribution in [0.4, 0.5) is 4.39 Å². The summed E-state index contributed by atoms with van der Waals surface area (Å²) in [7, 11) is 0. The highest BCUT2D eigenvalue weighted by atomic mass is 19.1. The van der Waals surface area contributed by atoms with Crippen molar-refractivity contribution in [2.24, 2.45) is 11.8 Å². The lowest BCUT2D eigenvalue weighted by Gasteiger charge is -2.29. The molecule has 0 spiro atoms. The Hall–Kier alpha value is -2.63. The molecule has 1 heterocycles. The number of hydrogen-bond donors (Lipinski definition) is 2.